The van der Waals surface area contributed by atoms with Crippen LogP contribution in [0.3, 0.4) is 0 Å². The summed E-state index contributed by atoms with van der Waals surface area (Å²) in [5, 5.41) is 19.6. The van der Waals surface area contributed by atoms with Gasteiger partial charge in [-0.05, 0) is 35.4 Å². The van der Waals surface area contributed by atoms with Gasteiger partial charge in [-0.2, -0.15) is 0 Å². The summed E-state index contributed by atoms with van der Waals surface area (Å²) in [5.74, 6) is 0.120. The highest BCUT2D eigenvalue weighted by molar-refractivity contribution is 6.32. The number of rotatable bonds is 2. The van der Waals surface area contributed by atoms with Crippen molar-refractivity contribution in [2.24, 2.45) is 0 Å². The van der Waals surface area contributed by atoms with Gasteiger partial charge in [-0.15, -0.1) is 0 Å². The first-order chi connectivity index (χ1) is 8.82. The van der Waals surface area contributed by atoms with Crippen LogP contribution in [0.1, 0.15) is 25.0 Å². The van der Waals surface area contributed by atoms with Gasteiger partial charge in [0.05, 0.1) is 10.0 Å². The molecule has 0 amide bonds. The zero-order valence-corrected chi connectivity index (χ0v) is 13.6. The monoisotopic (exact) mass is 350 g/mol. The Kier molecular flexibility index (Phi) is 8.51. The molecular formula is C15H20Cl2O5. The van der Waals surface area contributed by atoms with Gasteiger partial charge in [0.2, 0.25) is 0 Å². The minimum absolute atomic E-state index is 0. The molecule has 0 radical (unpaired) electrons. The lowest BCUT2D eigenvalue weighted by atomic mass is 9.78. The normalized spacial score (nSPS) is 10.0. The van der Waals surface area contributed by atoms with Gasteiger partial charge in [-0.1, -0.05) is 49.2 Å². The minimum atomic E-state index is -0.339. The number of phenols is 2. The first kappa shape index (κ1) is 22.8. The van der Waals surface area contributed by atoms with Crippen molar-refractivity contribution < 1.29 is 26.6 Å². The van der Waals surface area contributed by atoms with E-state index in [0.717, 1.165) is 11.1 Å². The summed E-state index contributed by atoms with van der Waals surface area (Å²) in [7, 11) is 0. The van der Waals surface area contributed by atoms with E-state index in [9.17, 15) is 10.2 Å². The number of hydrogen-bond donors (Lipinski definition) is 2. The van der Waals surface area contributed by atoms with Crippen LogP contribution in [0.15, 0.2) is 36.4 Å². The molecule has 124 valence electrons. The molecule has 0 aliphatic heterocycles. The number of aromatic hydroxyl groups is 2. The van der Waals surface area contributed by atoms with E-state index < -0.39 is 0 Å². The molecular weight excluding hydrogens is 331 g/mol. The Balaban J connectivity index is 0. The number of hydrogen-bond acceptors (Lipinski definition) is 2. The lowest BCUT2D eigenvalue weighted by Gasteiger charge is -2.26. The van der Waals surface area contributed by atoms with Crippen molar-refractivity contribution in [1.29, 1.82) is 0 Å². The molecule has 22 heavy (non-hydrogen) atoms. The van der Waals surface area contributed by atoms with Gasteiger partial charge >= 0.3 is 0 Å². The summed E-state index contributed by atoms with van der Waals surface area (Å²) in [6.45, 7) is 4.05. The maximum Gasteiger partial charge on any atom is 0.134 e. The Bertz CT molecular complexity index is 576. The van der Waals surface area contributed by atoms with Gasteiger partial charge in [0.25, 0.3) is 0 Å². The molecule has 2 aromatic carbocycles. The average Bonchev–Trinajstić information content (AvgIpc) is 2.35. The van der Waals surface area contributed by atoms with Crippen LogP contribution >= 0.6 is 23.2 Å². The molecule has 5 nitrogen and oxygen atoms in total. The van der Waals surface area contributed by atoms with Crippen LogP contribution in [0.4, 0.5) is 0 Å². The summed E-state index contributed by atoms with van der Waals surface area (Å²) in [6.07, 6.45) is 0. The Morgan fingerprint density at radius 2 is 1.05 bits per heavy atom. The molecule has 0 spiro atoms. The first-order valence-corrected chi connectivity index (χ1v) is 6.56. The summed E-state index contributed by atoms with van der Waals surface area (Å²) >= 11 is 11.9. The van der Waals surface area contributed by atoms with Crippen LogP contribution in [0.5, 0.6) is 11.5 Å². The molecule has 2 aromatic rings. The summed E-state index contributed by atoms with van der Waals surface area (Å²) in [5.41, 5.74) is 1.57. The Labute approximate surface area is 138 Å². The molecule has 0 heterocycles. The molecule has 0 bridgehead atoms. The van der Waals surface area contributed by atoms with E-state index in [1.807, 2.05) is 26.0 Å². The van der Waals surface area contributed by atoms with Crippen molar-refractivity contribution in [3.05, 3.63) is 57.6 Å². The largest absolute Gasteiger partial charge is 0.506 e. The fourth-order valence-corrected chi connectivity index (χ4v) is 2.32. The molecule has 0 saturated carbocycles. The Morgan fingerprint density at radius 3 is 1.32 bits per heavy atom. The lowest BCUT2D eigenvalue weighted by Crippen LogP contribution is -2.18. The van der Waals surface area contributed by atoms with Crippen LogP contribution in [0.2, 0.25) is 10.0 Å². The molecule has 8 N–H and O–H groups in total. The fourth-order valence-electron chi connectivity index (χ4n) is 1.96. The van der Waals surface area contributed by atoms with Crippen molar-refractivity contribution in [3.8, 4) is 11.5 Å². The van der Waals surface area contributed by atoms with Crippen LogP contribution in [-0.4, -0.2) is 26.6 Å². The van der Waals surface area contributed by atoms with E-state index in [1.54, 1.807) is 24.3 Å². The average molecular weight is 351 g/mol. The van der Waals surface area contributed by atoms with Crippen molar-refractivity contribution in [2.75, 3.05) is 0 Å². The van der Waals surface area contributed by atoms with E-state index in [1.165, 1.54) is 0 Å². The van der Waals surface area contributed by atoms with Gasteiger partial charge < -0.3 is 26.6 Å². The molecule has 0 aliphatic carbocycles. The molecule has 0 unspecified atom stereocenters. The topological polar surface area (TPSA) is 135 Å². The predicted molar refractivity (Wildman–Crippen MR) is 89.2 cm³/mol. The zero-order valence-electron chi connectivity index (χ0n) is 12.1. The van der Waals surface area contributed by atoms with E-state index in [0.29, 0.717) is 10.0 Å². The SMILES string of the molecule is CC(C)(c1ccc(O)c(Cl)c1)c1ccc(O)c(Cl)c1.O.O.O. The maximum atomic E-state index is 9.47. The second-order valence-electron chi connectivity index (χ2n) is 4.96. The second-order valence-corrected chi connectivity index (χ2v) is 5.77. The molecule has 0 atom stereocenters. The van der Waals surface area contributed by atoms with Crippen molar-refractivity contribution in [1.82, 2.24) is 0 Å². The molecule has 0 aliphatic rings. The van der Waals surface area contributed by atoms with Crippen LogP contribution in [-0.2, 0) is 5.41 Å². The highest BCUT2D eigenvalue weighted by Gasteiger charge is 2.24. The fraction of sp³-hybridized carbons (Fsp3) is 0.200. The molecule has 7 heteroatoms. The van der Waals surface area contributed by atoms with E-state index in [2.05, 4.69) is 0 Å². The zero-order chi connectivity index (χ0) is 14.2. The van der Waals surface area contributed by atoms with Crippen LogP contribution in [0, 0.1) is 0 Å². The van der Waals surface area contributed by atoms with Crippen molar-refractivity contribution in [3.63, 3.8) is 0 Å². The highest BCUT2D eigenvalue weighted by Crippen LogP contribution is 2.37. The summed E-state index contributed by atoms with van der Waals surface area (Å²) < 4.78 is 0. The third-order valence-corrected chi connectivity index (χ3v) is 3.94. The highest BCUT2D eigenvalue weighted by atomic mass is 35.5. The smallest absolute Gasteiger partial charge is 0.134 e. The quantitative estimate of drug-likeness (QED) is 0.858. The van der Waals surface area contributed by atoms with Gasteiger partial charge in [-0.3, -0.25) is 0 Å². The van der Waals surface area contributed by atoms with Gasteiger partial charge in [-0.25, -0.2) is 0 Å². The Hall–Kier alpha value is -1.50. The molecule has 0 saturated heterocycles. The number of benzene rings is 2. The lowest BCUT2D eigenvalue weighted by molar-refractivity contribution is 0.474. The van der Waals surface area contributed by atoms with Gasteiger partial charge in [0.15, 0.2) is 0 Å². The molecule has 2 rings (SSSR count). The molecule has 0 fully saturated rings. The van der Waals surface area contributed by atoms with Crippen molar-refractivity contribution >= 4 is 23.2 Å². The summed E-state index contributed by atoms with van der Waals surface area (Å²) in [4.78, 5) is 0. The van der Waals surface area contributed by atoms with Crippen LogP contribution in [0.25, 0.3) is 0 Å². The minimum Gasteiger partial charge on any atom is -0.506 e. The Morgan fingerprint density at radius 1 is 0.727 bits per heavy atom. The number of phenolic OH excluding ortho intramolecular Hbond substituents is 2. The third kappa shape index (κ3) is 4.25. The summed E-state index contributed by atoms with van der Waals surface area (Å²) in [6, 6.07) is 10.3. The van der Waals surface area contributed by atoms with Gasteiger partial charge in [0, 0.05) is 5.41 Å². The van der Waals surface area contributed by atoms with Gasteiger partial charge in [0.1, 0.15) is 11.5 Å². The standard InChI is InChI=1S/C15H14Cl2O2.3H2O/c1-15(2,9-3-5-13(18)11(16)7-9)10-4-6-14(19)12(17)8-10;;;/h3-8,18-19H,1-2H3;3*1H2. The van der Waals surface area contributed by atoms with Crippen LogP contribution < -0.4 is 0 Å². The first-order valence-electron chi connectivity index (χ1n) is 5.80. The number of halogens is 2. The molecule has 0 aromatic heterocycles. The predicted octanol–water partition coefficient (Wildman–Crippen LogP) is 2.26. The third-order valence-electron chi connectivity index (χ3n) is 3.34. The van der Waals surface area contributed by atoms with E-state index in [4.69, 9.17) is 23.2 Å². The van der Waals surface area contributed by atoms with E-state index >= 15 is 0 Å². The van der Waals surface area contributed by atoms with E-state index in [-0.39, 0.29) is 33.3 Å². The maximum absolute atomic E-state index is 9.47. The van der Waals surface area contributed by atoms with Crippen molar-refractivity contribution in [2.45, 2.75) is 19.3 Å². The second kappa shape index (κ2) is 8.22.